The smallest absolute Gasteiger partial charge is 0.164 e. The van der Waals surface area contributed by atoms with Crippen LogP contribution >= 0.6 is 102 Å². The van der Waals surface area contributed by atoms with Gasteiger partial charge < -0.3 is 0 Å². The zero-order chi connectivity index (χ0) is 96.2. The molecule has 0 aliphatic carbocycles. The first-order chi connectivity index (χ1) is 72.7. The van der Waals surface area contributed by atoms with Gasteiger partial charge in [-0.05, 0) is 148 Å². The van der Waals surface area contributed by atoms with Crippen LogP contribution in [0.15, 0.2) is 419 Å². The predicted molar refractivity (Wildman–Crippen MR) is 637 cm³/mol. The second-order valence-corrected chi connectivity index (χ2v) is 47.0. The van der Waals surface area contributed by atoms with E-state index in [-0.39, 0.29) is 0 Å². The van der Waals surface area contributed by atoms with Crippen LogP contribution in [0.2, 0.25) is 0 Å². The monoisotopic (exact) mass is 2030 g/mol. The van der Waals surface area contributed by atoms with Gasteiger partial charge in [0.25, 0.3) is 0 Å². The van der Waals surface area contributed by atoms with Gasteiger partial charge in [-0.1, -0.05) is 303 Å². The summed E-state index contributed by atoms with van der Waals surface area (Å²) in [7, 11) is 0. The zero-order valence-corrected chi connectivity index (χ0v) is 84.9. The van der Waals surface area contributed by atoms with Crippen LogP contribution < -0.4 is 0 Å². The first-order valence-electron chi connectivity index (χ1n) is 48.5. The summed E-state index contributed by atoms with van der Waals surface area (Å²) in [6.45, 7) is 0. The minimum absolute atomic E-state index is 0.677. The van der Waals surface area contributed by atoms with Gasteiger partial charge in [0.2, 0.25) is 0 Å². The molecule has 33 aromatic rings. The summed E-state index contributed by atoms with van der Waals surface area (Å²) in [6, 6.07) is 151. The van der Waals surface area contributed by atoms with Crippen LogP contribution in [-0.4, -0.2) is 44.9 Å². The molecule has 0 saturated heterocycles. The minimum atomic E-state index is 0.677. The number of thiophene rings is 9. The van der Waals surface area contributed by atoms with Crippen molar-refractivity contribution in [2.45, 2.75) is 0 Å². The van der Waals surface area contributed by atoms with E-state index in [4.69, 9.17) is 44.9 Å². The average Bonchev–Trinajstić information content (AvgIpc) is 1.59. The SMILES string of the molecule is c1ccc2c(c1)ccc1sc3cc(-c4nc(-c5ccc6c(c5)sc5ccccc56)nc(-c5ccc6c(c5)sc5ccccc56)n4)ccc3c12.c1ccc2c(c1)sc1cc(-c3nc(-c4ccc5c(c4)sc4ccccc45)nc(-c4cc5sc6ccccc6c5c5ccccc45)n3)ccc12.c1ccc2cc3c(cc2c1)sc1cc(-c2nc(-c4ccc5c(c4)sc4ccccc45)nc(-c4ccc5c(c4)sc4ccccc45)n2)ccc13. The van der Waals surface area contributed by atoms with Gasteiger partial charge in [-0.3, -0.25) is 0 Å². The Morgan fingerprint density at radius 1 is 0.109 bits per heavy atom. The highest BCUT2D eigenvalue weighted by molar-refractivity contribution is 7.29. The maximum atomic E-state index is 5.26. The maximum Gasteiger partial charge on any atom is 0.164 e. The third-order valence-electron chi connectivity index (χ3n) is 28.6. The van der Waals surface area contributed by atoms with Crippen LogP contribution in [0.4, 0.5) is 0 Å². The molecule has 0 spiro atoms. The molecular formula is C129H69N9S9. The number of nitrogens with zero attached hydrogens (tertiary/aromatic N) is 9. The van der Waals surface area contributed by atoms with Gasteiger partial charge >= 0.3 is 0 Å². The van der Waals surface area contributed by atoms with E-state index in [0.717, 1.165) is 55.5 Å². The van der Waals surface area contributed by atoms with Gasteiger partial charge in [0.1, 0.15) is 0 Å². The van der Waals surface area contributed by atoms with Gasteiger partial charge in [0.15, 0.2) is 52.4 Å². The molecule has 12 aromatic heterocycles. The fraction of sp³-hybridized carbons (Fsp3) is 0. The normalized spacial score (nSPS) is 12.1. The molecule has 0 aliphatic rings. The fourth-order valence-electron chi connectivity index (χ4n) is 21.5. The van der Waals surface area contributed by atoms with Crippen LogP contribution in [0, 0.1) is 0 Å². The van der Waals surface area contributed by atoms with Crippen LogP contribution in [-0.2, 0) is 0 Å². The lowest BCUT2D eigenvalue weighted by Gasteiger charge is -2.11. The Bertz CT molecular complexity index is 11000. The summed E-state index contributed by atoms with van der Waals surface area (Å²) >= 11 is 16.3. The lowest BCUT2D eigenvalue weighted by Crippen LogP contribution is -2.00. The highest BCUT2D eigenvalue weighted by atomic mass is 32.1. The highest BCUT2D eigenvalue weighted by Crippen LogP contribution is 2.50. The molecule has 0 radical (unpaired) electrons. The molecule has 21 aromatic carbocycles. The van der Waals surface area contributed by atoms with Gasteiger partial charge in [0.05, 0.1) is 0 Å². The third-order valence-corrected chi connectivity index (χ3v) is 38.7. The Morgan fingerprint density at radius 2 is 0.320 bits per heavy atom. The summed E-state index contributed by atoms with van der Waals surface area (Å²) in [5.41, 5.74) is 8.91. The fourth-order valence-corrected chi connectivity index (χ4v) is 31.9. The Hall–Kier alpha value is -16.6. The van der Waals surface area contributed by atoms with Crippen molar-refractivity contribution < 1.29 is 0 Å². The molecule has 33 rings (SSSR count). The Kier molecular flexibility index (Phi) is 19.6. The number of hydrogen-bond acceptors (Lipinski definition) is 18. The van der Waals surface area contributed by atoms with Crippen molar-refractivity contribution in [1.82, 2.24) is 44.9 Å². The van der Waals surface area contributed by atoms with Crippen molar-refractivity contribution in [3.8, 4) is 102 Å². The molecular weight excluding hydrogens is 1960 g/mol. The van der Waals surface area contributed by atoms with Crippen LogP contribution in [0.3, 0.4) is 0 Å². The van der Waals surface area contributed by atoms with E-state index in [9.17, 15) is 0 Å². The average molecular weight is 2030 g/mol. The lowest BCUT2D eigenvalue weighted by atomic mass is 9.98. The van der Waals surface area contributed by atoms with Crippen LogP contribution in [0.25, 0.3) is 316 Å². The number of rotatable bonds is 9. The van der Waals surface area contributed by atoms with Crippen LogP contribution in [0.1, 0.15) is 0 Å². The number of aromatic nitrogens is 9. The molecule has 0 N–H and O–H groups in total. The second-order valence-electron chi connectivity index (χ2n) is 37.2. The van der Waals surface area contributed by atoms with Gasteiger partial charge in [0, 0.05) is 232 Å². The molecule has 9 nitrogen and oxygen atoms in total. The minimum Gasteiger partial charge on any atom is -0.208 e. The molecule has 0 fully saturated rings. The second kappa shape index (κ2) is 34.0. The van der Waals surface area contributed by atoms with Crippen LogP contribution in [0.5, 0.6) is 0 Å². The van der Waals surface area contributed by atoms with E-state index < -0.39 is 0 Å². The summed E-state index contributed by atoms with van der Waals surface area (Å²) in [5, 5.41) is 30.4. The molecule has 0 aliphatic heterocycles. The van der Waals surface area contributed by atoms with Gasteiger partial charge in [-0.25, -0.2) is 44.9 Å². The largest absolute Gasteiger partial charge is 0.208 e. The van der Waals surface area contributed by atoms with E-state index in [0.29, 0.717) is 52.4 Å². The molecule has 0 saturated carbocycles. The van der Waals surface area contributed by atoms with Crippen molar-refractivity contribution in [1.29, 1.82) is 0 Å². The molecule has 12 heterocycles. The molecule has 147 heavy (non-hydrogen) atoms. The van der Waals surface area contributed by atoms with Crippen molar-refractivity contribution in [2.75, 3.05) is 0 Å². The van der Waals surface area contributed by atoms with E-state index >= 15 is 0 Å². The van der Waals surface area contributed by atoms with E-state index in [1.165, 1.54) is 208 Å². The van der Waals surface area contributed by atoms with Gasteiger partial charge in [-0.2, -0.15) is 0 Å². The number of hydrogen-bond donors (Lipinski definition) is 0. The molecule has 0 bridgehead atoms. The summed E-state index contributed by atoms with van der Waals surface area (Å²) < 4.78 is 22.6. The van der Waals surface area contributed by atoms with Crippen molar-refractivity contribution >= 4 is 316 Å². The quantitative estimate of drug-likeness (QED) is 0.139. The summed E-state index contributed by atoms with van der Waals surface area (Å²) in [6.07, 6.45) is 0. The molecule has 0 unspecified atom stereocenters. The number of benzene rings is 21. The number of fused-ring (bicyclic) bond motifs is 32. The Balaban J connectivity index is 0.0000000999. The maximum absolute atomic E-state index is 5.26. The highest BCUT2D eigenvalue weighted by Gasteiger charge is 2.25. The Morgan fingerprint density at radius 3 is 0.667 bits per heavy atom. The standard InChI is InChI=1S/3C43H23N3S3/c1-2-12-31-26(9-1)33(23-39-40(31)32-13-5-8-16-36(32)49-39)43-45-41(24-17-19-29-27-10-3-6-14-34(27)47-37(29)21-24)44-42(46-43)25-18-20-30-28-11-4-7-15-35(28)48-38(30)22-25;1-2-8-28-24(7-1)16-20-36-40(28)33-19-15-27(23-39(33)49-36)43-45-41(25-13-17-31-29-9-3-5-11-34(29)47-37(31)21-25)44-42(46-43)26-14-18-32-30-10-4-6-12-35(30)48-38(32)22-26;1-2-8-25-20-40-34(19-24(25)7-1)33-18-15-28(23-39(33)49-40)43-45-41(26-13-16-31-29-9-3-5-11-35(29)47-37(31)21-26)44-42(46-43)27-14-17-32-30-10-4-6-12-36(30)48-38(32)22-27/h3*1-23H. The van der Waals surface area contributed by atoms with Crippen molar-refractivity contribution in [3.63, 3.8) is 0 Å². The first-order valence-corrected chi connectivity index (χ1v) is 55.9. The summed E-state index contributed by atoms with van der Waals surface area (Å²) in [4.78, 5) is 46.6. The molecule has 0 atom stereocenters. The topological polar surface area (TPSA) is 116 Å². The lowest BCUT2D eigenvalue weighted by molar-refractivity contribution is 1.08. The first kappa shape index (κ1) is 84.9. The van der Waals surface area contributed by atoms with Gasteiger partial charge in [-0.15, -0.1) is 102 Å². The summed E-state index contributed by atoms with van der Waals surface area (Å²) in [5.74, 6) is 6.11. The van der Waals surface area contributed by atoms with Crippen molar-refractivity contribution in [3.05, 3.63) is 419 Å². The molecule has 0 amide bonds. The third kappa shape index (κ3) is 14.4. The Labute approximate surface area is 873 Å². The van der Waals surface area contributed by atoms with E-state index in [2.05, 4.69) is 419 Å². The predicted octanol–water partition coefficient (Wildman–Crippen LogP) is 39.4. The zero-order valence-electron chi connectivity index (χ0n) is 77.5. The molecule has 18 heteroatoms. The molecule has 684 valence electrons. The van der Waals surface area contributed by atoms with E-state index in [1.807, 2.05) is 102 Å². The van der Waals surface area contributed by atoms with Crippen molar-refractivity contribution in [2.24, 2.45) is 0 Å². The van der Waals surface area contributed by atoms with E-state index in [1.54, 1.807) is 0 Å².